The summed E-state index contributed by atoms with van der Waals surface area (Å²) in [7, 11) is 0. The Hall–Kier alpha value is -0.560. The van der Waals surface area contributed by atoms with Crippen LogP contribution in [0.15, 0.2) is 30.3 Å². The van der Waals surface area contributed by atoms with Crippen molar-refractivity contribution in [2.24, 2.45) is 5.92 Å². The molecule has 0 bridgehead atoms. The topological polar surface area (TPSA) is 47.6 Å². The van der Waals surface area contributed by atoms with Gasteiger partial charge < -0.3 is 15.5 Å². The lowest BCUT2D eigenvalue weighted by Crippen LogP contribution is -2.46. The van der Waals surface area contributed by atoms with E-state index in [1.165, 1.54) is 12.0 Å². The molecule has 2 aliphatic heterocycles. The second-order valence-electron chi connectivity index (χ2n) is 7.29. The third-order valence-electron chi connectivity index (χ3n) is 5.35. The Morgan fingerprint density at radius 3 is 2.32 bits per heavy atom. The van der Waals surface area contributed by atoms with Crippen LogP contribution in [0.2, 0.25) is 0 Å². The Morgan fingerprint density at radius 2 is 1.68 bits per heavy atom. The number of amides is 1. The van der Waals surface area contributed by atoms with Gasteiger partial charge >= 0.3 is 0 Å². The van der Waals surface area contributed by atoms with Crippen molar-refractivity contribution >= 4 is 43.1 Å². The highest BCUT2D eigenvalue weighted by molar-refractivity contribution is 5.86. The number of nitrogens with zero attached hydrogens (tertiary/aromatic N) is 2. The molecule has 1 amide bonds. The SMILES string of the molecule is Cl.Cl.Cl.O=C(NCCCCN1CCN(Cc2ccccc2)CC1)C1CCNC1. The third kappa shape index (κ3) is 9.29. The average Bonchev–Trinajstić information content (AvgIpc) is 3.18. The molecule has 0 saturated carbocycles. The van der Waals surface area contributed by atoms with Crippen LogP contribution in [0.3, 0.4) is 0 Å². The van der Waals surface area contributed by atoms with Crippen LogP contribution < -0.4 is 10.6 Å². The Kier molecular flexibility index (Phi) is 15.0. The van der Waals surface area contributed by atoms with E-state index < -0.39 is 0 Å². The first kappa shape index (κ1) is 27.4. The second kappa shape index (κ2) is 15.3. The van der Waals surface area contributed by atoms with Crippen LogP contribution in [0.5, 0.6) is 0 Å². The number of halogens is 3. The molecule has 1 aromatic rings. The number of hydrogen-bond acceptors (Lipinski definition) is 4. The van der Waals surface area contributed by atoms with Crippen LogP contribution in [-0.2, 0) is 11.3 Å². The summed E-state index contributed by atoms with van der Waals surface area (Å²) in [6, 6.07) is 10.7. The molecule has 2 N–H and O–H groups in total. The summed E-state index contributed by atoms with van der Waals surface area (Å²) < 4.78 is 0. The minimum absolute atomic E-state index is 0. The van der Waals surface area contributed by atoms with Crippen molar-refractivity contribution in [3.8, 4) is 0 Å². The molecule has 28 heavy (non-hydrogen) atoms. The number of unbranched alkanes of at least 4 members (excludes halogenated alkanes) is 1. The van der Waals surface area contributed by atoms with Gasteiger partial charge in [0.2, 0.25) is 5.91 Å². The number of benzene rings is 1. The number of rotatable bonds is 8. The highest BCUT2D eigenvalue weighted by Gasteiger charge is 2.21. The fourth-order valence-corrected chi connectivity index (χ4v) is 3.71. The molecule has 0 aliphatic carbocycles. The van der Waals surface area contributed by atoms with Crippen molar-refractivity contribution < 1.29 is 4.79 Å². The number of carbonyl (C=O) groups is 1. The van der Waals surface area contributed by atoms with Gasteiger partial charge in [0.1, 0.15) is 0 Å². The molecule has 8 heteroatoms. The van der Waals surface area contributed by atoms with Gasteiger partial charge in [0.15, 0.2) is 0 Å². The van der Waals surface area contributed by atoms with Crippen LogP contribution in [0.1, 0.15) is 24.8 Å². The van der Waals surface area contributed by atoms with Crippen LogP contribution in [0, 0.1) is 5.92 Å². The molecule has 0 radical (unpaired) electrons. The highest BCUT2D eigenvalue weighted by atomic mass is 35.5. The van der Waals surface area contributed by atoms with Gasteiger partial charge in [0.05, 0.1) is 5.92 Å². The van der Waals surface area contributed by atoms with E-state index >= 15 is 0 Å². The lowest BCUT2D eigenvalue weighted by Gasteiger charge is -2.34. The van der Waals surface area contributed by atoms with E-state index in [2.05, 4.69) is 50.8 Å². The van der Waals surface area contributed by atoms with Crippen molar-refractivity contribution in [3.05, 3.63) is 35.9 Å². The predicted octanol–water partition coefficient (Wildman–Crippen LogP) is 2.58. The molecular formula is C20H35Cl3N4O. The van der Waals surface area contributed by atoms with E-state index in [-0.39, 0.29) is 49.0 Å². The first-order valence-electron chi connectivity index (χ1n) is 9.78. The Morgan fingerprint density at radius 1 is 1.00 bits per heavy atom. The van der Waals surface area contributed by atoms with Crippen molar-refractivity contribution in [2.75, 3.05) is 52.4 Å². The van der Waals surface area contributed by atoms with E-state index in [1.807, 2.05) is 0 Å². The van der Waals surface area contributed by atoms with Gasteiger partial charge in [-0.1, -0.05) is 30.3 Å². The zero-order chi connectivity index (χ0) is 17.3. The Bertz CT molecular complexity index is 521. The lowest BCUT2D eigenvalue weighted by atomic mass is 10.1. The zero-order valence-corrected chi connectivity index (χ0v) is 18.9. The quantitative estimate of drug-likeness (QED) is 0.594. The zero-order valence-electron chi connectivity index (χ0n) is 16.5. The monoisotopic (exact) mass is 452 g/mol. The molecule has 2 saturated heterocycles. The first-order chi connectivity index (χ1) is 12.3. The molecule has 2 aliphatic rings. The summed E-state index contributed by atoms with van der Waals surface area (Å²) in [5.41, 5.74) is 1.41. The van der Waals surface area contributed by atoms with Gasteiger partial charge in [-0.15, -0.1) is 37.2 Å². The molecule has 0 aromatic heterocycles. The van der Waals surface area contributed by atoms with Crippen molar-refractivity contribution in [1.82, 2.24) is 20.4 Å². The summed E-state index contributed by atoms with van der Waals surface area (Å²) in [5, 5.41) is 6.34. The standard InChI is InChI=1S/C20H32N4O.3ClH/c25-20(19-8-10-21-16-19)22-9-4-5-11-23-12-14-24(15-13-23)17-18-6-2-1-3-7-18;;;/h1-3,6-7,19,21H,4-5,8-17H2,(H,22,25);3*1H. The maximum absolute atomic E-state index is 11.9. The maximum Gasteiger partial charge on any atom is 0.224 e. The van der Waals surface area contributed by atoms with Crippen molar-refractivity contribution in [1.29, 1.82) is 0 Å². The largest absolute Gasteiger partial charge is 0.356 e. The molecule has 0 spiro atoms. The fraction of sp³-hybridized carbons (Fsp3) is 0.650. The van der Waals surface area contributed by atoms with Crippen molar-refractivity contribution in [3.63, 3.8) is 0 Å². The van der Waals surface area contributed by atoms with Crippen LogP contribution in [-0.4, -0.2) is 68.1 Å². The molecule has 5 nitrogen and oxygen atoms in total. The Balaban J connectivity index is 0.00000243. The van der Waals surface area contributed by atoms with Crippen LogP contribution >= 0.6 is 37.2 Å². The van der Waals surface area contributed by atoms with Gasteiger partial charge in [-0.2, -0.15) is 0 Å². The lowest BCUT2D eigenvalue weighted by molar-refractivity contribution is -0.124. The molecule has 2 fully saturated rings. The minimum Gasteiger partial charge on any atom is -0.356 e. The third-order valence-corrected chi connectivity index (χ3v) is 5.35. The smallest absolute Gasteiger partial charge is 0.224 e. The normalized spacial score (nSPS) is 19.8. The van der Waals surface area contributed by atoms with E-state index in [0.29, 0.717) is 0 Å². The van der Waals surface area contributed by atoms with E-state index in [0.717, 1.165) is 71.7 Å². The average molecular weight is 454 g/mol. The fourth-order valence-electron chi connectivity index (χ4n) is 3.71. The number of carbonyl (C=O) groups excluding carboxylic acids is 1. The van der Waals surface area contributed by atoms with Gasteiger partial charge in [0.25, 0.3) is 0 Å². The second-order valence-corrected chi connectivity index (χ2v) is 7.29. The predicted molar refractivity (Wildman–Crippen MR) is 123 cm³/mol. The summed E-state index contributed by atoms with van der Waals surface area (Å²) in [6.07, 6.45) is 3.23. The maximum atomic E-state index is 11.9. The van der Waals surface area contributed by atoms with E-state index in [9.17, 15) is 4.79 Å². The first-order valence-corrected chi connectivity index (χ1v) is 9.78. The number of piperazine rings is 1. The summed E-state index contributed by atoms with van der Waals surface area (Å²) in [4.78, 5) is 17.0. The van der Waals surface area contributed by atoms with E-state index in [4.69, 9.17) is 0 Å². The van der Waals surface area contributed by atoms with Gasteiger partial charge in [-0.3, -0.25) is 9.69 Å². The number of nitrogens with one attached hydrogen (secondary N) is 2. The summed E-state index contributed by atoms with van der Waals surface area (Å²) in [5.74, 6) is 0.428. The van der Waals surface area contributed by atoms with Crippen LogP contribution in [0.25, 0.3) is 0 Å². The molecular weight excluding hydrogens is 419 g/mol. The molecule has 2 heterocycles. The summed E-state index contributed by atoms with van der Waals surface area (Å²) in [6.45, 7) is 9.49. The Labute approximate surface area is 188 Å². The molecule has 1 aromatic carbocycles. The molecule has 3 rings (SSSR count). The minimum atomic E-state index is 0. The van der Waals surface area contributed by atoms with Gasteiger partial charge in [-0.05, 0) is 37.9 Å². The number of hydrogen-bond donors (Lipinski definition) is 2. The molecule has 162 valence electrons. The van der Waals surface area contributed by atoms with Gasteiger partial charge in [0, 0.05) is 45.8 Å². The highest BCUT2D eigenvalue weighted by Crippen LogP contribution is 2.09. The van der Waals surface area contributed by atoms with Crippen LogP contribution in [0.4, 0.5) is 0 Å². The van der Waals surface area contributed by atoms with E-state index in [1.54, 1.807) is 0 Å². The molecule has 1 unspecified atom stereocenters. The molecule has 1 atom stereocenters. The summed E-state index contributed by atoms with van der Waals surface area (Å²) >= 11 is 0. The van der Waals surface area contributed by atoms with Crippen molar-refractivity contribution in [2.45, 2.75) is 25.8 Å². The van der Waals surface area contributed by atoms with Gasteiger partial charge in [-0.25, -0.2) is 0 Å².